The Balaban J connectivity index is 2.09. The first-order valence-electron chi connectivity index (χ1n) is 6.45. The number of ether oxygens (including phenoxy) is 1. The molecule has 1 saturated heterocycles. The van der Waals surface area contributed by atoms with Gasteiger partial charge in [-0.2, -0.15) is 0 Å². The van der Waals surface area contributed by atoms with Crippen molar-refractivity contribution in [2.75, 3.05) is 25.5 Å². The number of hydrogen-bond donors (Lipinski definition) is 2. The van der Waals surface area contributed by atoms with Crippen LogP contribution >= 0.6 is 15.9 Å². The summed E-state index contributed by atoms with van der Waals surface area (Å²) < 4.78 is 33.1. The molecule has 0 unspecified atom stereocenters. The molecule has 0 radical (unpaired) electrons. The Morgan fingerprint density at radius 3 is 2.65 bits per heavy atom. The second kappa shape index (κ2) is 6.01. The molecule has 0 bridgehead atoms. The molecular weight excluding hydrogens is 344 g/mol. The molecule has 0 spiro atoms. The van der Waals surface area contributed by atoms with Gasteiger partial charge in [0, 0.05) is 29.9 Å². The van der Waals surface area contributed by atoms with Crippen LogP contribution in [0.15, 0.2) is 27.6 Å². The Morgan fingerprint density at radius 1 is 1.40 bits per heavy atom. The molecule has 7 heteroatoms. The molecular formula is C13H19BrN2O3S. The summed E-state index contributed by atoms with van der Waals surface area (Å²) in [6.45, 7) is 3.87. The number of sulfonamides is 1. The fourth-order valence-corrected chi connectivity index (χ4v) is 3.82. The maximum atomic E-state index is 12.3. The van der Waals surface area contributed by atoms with Gasteiger partial charge in [-0.05, 0) is 52.4 Å². The van der Waals surface area contributed by atoms with E-state index in [0.29, 0.717) is 29.9 Å². The third-order valence-corrected chi connectivity index (χ3v) is 5.76. The average Bonchev–Trinajstić information content (AvgIpc) is 2.41. The predicted molar refractivity (Wildman–Crippen MR) is 81.9 cm³/mol. The van der Waals surface area contributed by atoms with Crippen molar-refractivity contribution < 1.29 is 13.2 Å². The standard InChI is InChI=1S/C13H19BrN2O3S/c1-13(4-6-19-7-5-13)9-16-20(17,18)10-2-3-12(15)11(14)8-10/h2-3,8,16H,4-7,9,15H2,1H3. The van der Waals surface area contributed by atoms with Gasteiger partial charge >= 0.3 is 0 Å². The van der Waals surface area contributed by atoms with Gasteiger partial charge in [0.05, 0.1) is 4.90 Å². The Bertz CT molecular complexity index is 583. The van der Waals surface area contributed by atoms with Crippen LogP contribution in [-0.4, -0.2) is 28.2 Å². The van der Waals surface area contributed by atoms with Crippen molar-refractivity contribution in [1.82, 2.24) is 4.72 Å². The van der Waals surface area contributed by atoms with Gasteiger partial charge in [0.25, 0.3) is 0 Å². The highest BCUT2D eigenvalue weighted by Crippen LogP contribution is 2.29. The minimum absolute atomic E-state index is 0.0453. The summed E-state index contributed by atoms with van der Waals surface area (Å²) in [5.74, 6) is 0. The highest BCUT2D eigenvalue weighted by molar-refractivity contribution is 9.10. The molecule has 1 aromatic carbocycles. The maximum absolute atomic E-state index is 12.3. The second-order valence-corrected chi connectivity index (χ2v) is 8.05. The van der Waals surface area contributed by atoms with Gasteiger partial charge in [0.2, 0.25) is 10.0 Å². The Kier molecular flexibility index (Phi) is 4.73. The van der Waals surface area contributed by atoms with Gasteiger partial charge in [0.1, 0.15) is 0 Å². The summed E-state index contributed by atoms with van der Waals surface area (Å²) in [4.78, 5) is 0.217. The lowest BCUT2D eigenvalue weighted by atomic mass is 9.83. The molecule has 1 fully saturated rings. The van der Waals surface area contributed by atoms with Crippen molar-refractivity contribution >= 4 is 31.6 Å². The summed E-state index contributed by atoms with van der Waals surface area (Å²) in [6.07, 6.45) is 1.72. The van der Waals surface area contributed by atoms with Crippen molar-refractivity contribution in [1.29, 1.82) is 0 Å². The lowest BCUT2D eigenvalue weighted by Crippen LogP contribution is -2.39. The van der Waals surface area contributed by atoms with Gasteiger partial charge in [-0.1, -0.05) is 6.92 Å². The molecule has 0 saturated carbocycles. The normalized spacial score (nSPS) is 18.9. The molecule has 0 aromatic heterocycles. The highest BCUT2D eigenvalue weighted by Gasteiger charge is 2.29. The van der Waals surface area contributed by atoms with Gasteiger partial charge in [-0.25, -0.2) is 13.1 Å². The SMILES string of the molecule is CC1(CNS(=O)(=O)c2ccc(N)c(Br)c2)CCOCC1. The van der Waals surface area contributed by atoms with Crippen LogP contribution in [0.3, 0.4) is 0 Å². The maximum Gasteiger partial charge on any atom is 0.240 e. The fourth-order valence-electron chi connectivity index (χ4n) is 2.07. The second-order valence-electron chi connectivity index (χ2n) is 5.43. The minimum Gasteiger partial charge on any atom is -0.398 e. The number of anilines is 1. The molecule has 0 aliphatic carbocycles. The number of nitrogens with two attached hydrogens (primary N) is 1. The predicted octanol–water partition coefficient (Wildman–Crippen LogP) is 2.13. The fraction of sp³-hybridized carbons (Fsp3) is 0.538. The molecule has 0 amide bonds. The minimum atomic E-state index is -3.51. The van der Waals surface area contributed by atoms with E-state index in [4.69, 9.17) is 10.5 Å². The van der Waals surface area contributed by atoms with Crippen LogP contribution in [0, 0.1) is 5.41 Å². The first-order valence-corrected chi connectivity index (χ1v) is 8.72. The van der Waals surface area contributed by atoms with E-state index in [1.165, 1.54) is 12.1 Å². The monoisotopic (exact) mass is 362 g/mol. The van der Waals surface area contributed by atoms with Crippen molar-refractivity contribution in [2.45, 2.75) is 24.7 Å². The highest BCUT2D eigenvalue weighted by atomic mass is 79.9. The van der Waals surface area contributed by atoms with Crippen LogP contribution in [0.25, 0.3) is 0 Å². The first-order chi connectivity index (χ1) is 9.32. The van der Waals surface area contributed by atoms with Crippen molar-refractivity contribution in [2.24, 2.45) is 5.41 Å². The number of benzene rings is 1. The number of hydrogen-bond acceptors (Lipinski definition) is 4. The summed E-state index contributed by atoms with van der Waals surface area (Å²) in [5.41, 5.74) is 6.14. The Hall–Kier alpha value is -0.630. The van der Waals surface area contributed by atoms with Crippen molar-refractivity contribution in [3.63, 3.8) is 0 Å². The lowest BCUT2D eigenvalue weighted by Gasteiger charge is -2.33. The van der Waals surface area contributed by atoms with Crippen LogP contribution in [0.4, 0.5) is 5.69 Å². The molecule has 3 N–H and O–H groups in total. The molecule has 20 heavy (non-hydrogen) atoms. The first kappa shape index (κ1) is 15.8. The van der Waals surface area contributed by atoms with E-state index >= 15 is 0 Å². The van der Waals surface area contributed by atoms with E-state index in [2.05, 4.69) is 27.6 Å². The summed E-state index contributed by atoms with van der Waals surface area (Å²) in [5, 5.41) is 0. The summed E-state index contributed by atoms with van der Waals surface area (Å²) in [7, 11) is -3.51. The van der Waals surface area contributed by atoms with E-state index in [1.54, 1.807) is 6.07 Å². The molecule has 1 aromatic rings. The van der Waals surface area contributed by atoms with E-state index in [0.717, 1.165) is 12.8 Å². The molecule has 1 aliphatic heterocycles. The number of nitrogens with one attached hydrogen (secondary N) is 1. The van der Waals surface area contributed by atoms with E-state index in [9.17, 15) is 8.42 Å². The zero-order chi connectivity index (χ0) is 14.8. The van der Waals surface area contributed by atoms with Crippen LogP contribution < -0.4 is 10.5 Å². The molecule has 1 aliphatic rings. The Morgan fingerprint density at radius 2 is 2.05 bits per heavy atom. The molecule has 1 heterocycles. The molecule has 5 nitrogen and oxygen atoms in total. The van der Waals surface area contributed by atoms with E-state index < -0.39 is 10.0 Å². The third-order valence-electron chi connectivity index (χ3n) is 3.67. The van der Waals surface area contributed by atoms with Crippen LogP contribution in [-0.2, 0) is 14.8 Å². The number of nitrogen functional groups attached to an aromatic ring is 1. The smallest absolute Gasteiger partial charge is 0.240 e. The number of rotatable bonds is 4. The quantitative estimate of drug-likeness (QED) is 0.803. The number of halogens is 1. The zero-order valence-electron chi connectivity index (χ0n) is 11.4. The van der Waals surface area contributed by atoms with Crippen LogP contribution in [0.1, 0.15) is 19.8 Å². The molecule has 2 rings (SSSR count). The largest absolute Gasteiger partial charge is 0.398 e. The van der Waals surface area contributed by atoms with Crippen LogP contribution in [0.2, 0.25) is 0 Å². The molecule has 112 valence electrons. The van der Waals surface area contributed by atoms with Gasteiger partial charge in [-0.15, -0.1) is 0 Å². The van der Waals surface area contributed by atoms with Gasteiger partial charge in [0.15, 0.2) is 0 Å². The summed E-state index contributed by atoms with van der Waals surface area (Å²) in [6, 6.07) is 4.60. The van der Waals surface area contributed by atoms with Gasteiger partial charge in [-0.3, -0.25) is 0 Å². The van der Waals surface area contributed by atoms with E-state index in [1.807, 2.05) is 0 Å². The third kappa shape index (κ3) is 3.72. The zero-order valence-corrected chi connectivity index (χ0v) is 13.8. The average molecular weight is 363 g/mol. The van der Waals surface area contributed by atoms with Crippen LogP contribution in [0.5, 0.6) is 0 Å². The topological polar surface area (TPSA) is 81.4 Å². The molecule has 0 atom stereocenters. The summed E-state index contributed by atoms with van der Waals surface area (Å²) >= 11 is 3.24. The van der Waals surface area contributed by atoms with E-state index in [-0.39, 0.29) is 10.3 Å². The lowest BCUT2D eigenvalue weighted by molar-refractivity contribution is 0.0265. The van der Waals surface area contributed by atoms with Gasteiger partial charge < -0.3 is 10.5 Å². The van der Waals surface area contributed by atoms with Crippen molar-refractivity contribution in [3.05, 3.63) is 22.7 Å². The Labute approximate surface area is 128 Å². The van der Waals surface area contributed by atoms with Crippen molar-refractivity contribution in [3.8, 4) is 0 Å².